The van der Waals surface area contributed by atoms with Crippen molar-refractivity contribution in [2.75, 3.05) is 18.9 Å². The van der Waals surface area contributed by atoms with Crippen molar-refractivity contribution in [1.29, 1.82) is 0 Å². The summed E-state index contributed by atoms with van der Waals surface area (Å²) in [5.41, 5.74) is 6.27. The number of hydrogen-bond donors (Lipinski definition) is 2. The molecule has 3 N–H and O–H groups in total. The fourth-order valence-electron chi connectivity index (χ4n) is 1.48. The van der Waals surface area contributed by atoms with Gasteiger partial charge in [-0.1, -0.05) is 11.3 Å². The molecule has 0 atom stereocenters. The molecule has 0 aliphatic rings. The Kier molecular flexibility index (Phi) is 4.33. The van der Waals surface area contributed by atoms with Gasteiger partial charge in [-0.15, -0.1) is 5.10 Å². The number of rotatable bonds is 6. The quantitative estimate of drug-likeness (QED) is 0.566. The predicted molar refractivity (Wildman–Crippen MR) is 69.4 cm³/mol. The summed E-state index contributed by atoms with van der Waals surface area (Å²) in [6.45, 7) is 0.952. The Morgan fingerprint density at radius 2 is 2.37 bits per heavy atom. The van der Waals surface area contributed by atoms with E-state index in [-0.39, 0.29) is 12.5 Å². The van der Waals surface area contributed by atoms with Crippen LogP contribution in [0.2, 0.25) is 0 Å². The number of nitrogens with one attached hydrogen (secondary N) is 1. The zero-order valence-corrected chi connectivity index (χ0v) is 10.3. The predicted octanol–water partition coefficient (Wildman–Crippen LogP) is 0.0555. The first-order valence-electron chi connectivity index (χ1n) is 5.83. The van der Waals surface area contributed by atoms with Gasteiger partial charge in [-0.2, -0.15) is 0 Å². The van der Waals surface area contributed by atoms with E-state index in [9.17, 15) is 4.79 Å². The molecule has 0 bridgehead atoms. The first kappa shape index (κ1) is 12.9. The highest BCUT2D eigenvalue weighted by molar-refractivity contribution is 5.75. The van der Waals surface area contributed by atoms with Gasteiger partial charge in [-0.3, -0.25) is 4.79 Å². The third kappa shape index (κ3) is 4.30. The van der Waals surface area contributed by atoms with Gasteiger partial charge in [-0.05, 0) is 12.1 Å². The van der Waals surface area contributed by atoms with Crippen molar-refractivity contribution in [1.82, 2.24) is 20.3 Å². The van der Waals surface area contributed by atoms with Crippen LogP contribution < -0.4 is 15.8 Å². The van der Waals surface area contributed by atoms with Crippen molar-refractivity contribution in [3.63, 3.8) is 0 Å². The van der Waals surface area contributed by atoms with E-state index in [4.69, 9.17) is 10.5 Å². The Balaban J connectivity index is 1.65. The fourth-order valence-corrected chi connectivity index (χ4v) is 1.48. The number of carbonyl (C=O) groups is 1. The van der Waals surface area contributed by atoms with Crippen LogP contribution in [0.3, 0.4) is 0 Å². The van der Waals surface area contributed by atoms with Gasteiger partial charge in [0, 0.05) is 18.0 Å². The van der Waals surface area contributed by atoms with Gasteiger partial charge in [0.05, 0.1) is 12.7 Å². The second kappa shape index (κ2) is 6.39. The van der Waals surface area contributed by atoms with Crippen LogP contribution in [0.1, 0.15) is 0 Å². The smallest absolute Gasteiger partial charge is 0.241 e. The number of anilines is 1. The summed E-state index contributed by atoms with van der Waals surface area (Å²) in [6, 6.07) is 7.14. The largest absolute Gasteiger partial charge is 0.492 e. The summed E-state index contributed by atoms with van der Waals surface area (Å²) in [7, 11) is 0. The second-order valence-corrected chi connectivity index (χ2v) is 3.87. The molecule has 1 heterocycles. The molecule has 0 aliphatic heterocycles. The topological polar surface area (TPSA) is 95.1 Å². The number of benzene rings is 1. The van der Waals surface area contributed by atoms with Crippen LogP contribution in [-0.2, 0) is 11.3 Å². The first-order valence-corrected chi connectivity index (χ1v) is 5.83. The highest BCUT2D eigenvalue weighted by Crippen LogP contribution is 2.13. The molecule has 7 heteroatoms. The van der Waals surface area contributed by atoms with Crippen LogP contribution >= 0.6 is 0 Å². The average molecular weight is 261 g/mol. The number of amides is 1. The van der Waals surface area contributed by atoms with E-state index in [2.05, 4.69) is 15.6 Å². The van der Waals surface area contributed by atoms with Crippen molar-refractivity contribution in [2.24, 2.45) is 0 Å². The summed E-state index contributed by atoms with van der Waals surface area (Å²) in [5, 5.41) is 10.0. The van der Waals surface area contributed by atoms with Gasteiger partial charge in [-0.25, -0.2) is 4.68 Å². The van der Waals surface area contributed by atoms with Gasteiger partial charge in [0.2, 0.25) is 5.91 Å². The molecule has 1 aromatic heterocycles. The van der Waals surface area contributed by atoms with Crippen molar-refractivity contribution >= 4 is 11.6 Å². The van der Waals surface area contributed by atoms with Crippen molar-refractivity contribution in [3.8, 4) is 5.75 Å². The first-order chi connectivity index (χ1) is 9.24. The van der Waals surface area contributed by atoms with Gasteiger partial charge in [0.15, 0.2) is 0 Å². The third-order valence-electron chi connectivity index (χ3n) is 2.33. The molecule has 0 spiro atoms. The molecular weight excluding hydrogens is 246 g/mol. The number of hydrogen-bond acceptors (Lipinski definition) is 5. The molecule has 1 aromatic carbocycles. The van der Waals surface area contributed by atoms with Crippen molar-refractivity contribution in [2.45, 2.75) is 6.54 Å². The highest BCUT2D eigenvalue weighted by Gasteiger charge is 2.02. The Labute approximate surface area is 110 Å². The molecule has 7 nitrogen and oxygen atoms in total. The highest BCUT2D eigenvalue weighted by atomic mass is 16.5. The van der Waals surface area contributed by atoms with E-state index in [0.717, 1.165) is 0 Å². The van der Waals surface area contributed by atoms with Crippen molar-refractivity contribution in [3.05, 3.63) is 36.7 Å². The Morgan fingerprint density at radius 1 is 1.47 bits per heavy atom. The molecule has 0 unspecified atom stereocenters. The molecule has 0 aliphatic carbocycles. The van der Waals surface area contributed by atoms with E-state index in [1.54, 1.807) is 18.3 Å². The molecule has 2 rings (SSSR count). The van der Waals surface area contributed by atoms with E-state index in [0.29, 0.717) is 24.6 Å². The number of nitrogens with two attached hydrogens (primary N) is 1. The number of aromatic nitrogens is 3. The zero-order valence-electron chi connectivity index (χ0n) is 10.3. The zero-order chi connectivity index (χ0) is 13.5. The average Bonchev–Trinajstić information content (AvgIpc) is 2.87. The van der Waals surface area contributed by atoms with Crippen LogP contribution in [-0.4, -0.2) is 34.1 Å². The molecule has 2 aromatic rings. The summed E-state index contributed by atoms with van der Waals surface area (Å²) in [4.78, 5) is 11.5. The standard InChI is InChI=1S/C12H15N5O2/c13-10-2-1-3-11(8-10)19-7-5-14-12(18)9-17-6-4-15-16-17/h1-4,6,8H,5,7,9,13H2,(H,14,18). The molecule has 0 radical (unpaired) electrons. The number of carbonyl (C=O) groups excluding carboxylic acids is 1. The number of nitrogens with zero attached hydrogens (tertiary/aromatic N) is 3. The summed E-state index contributed by atoms with van der Waals surface area (Å²) in [6.07, 6.45) is 3.15. The molecule has 0 saturated heterocycles. The van der Waals surface area contributed by atoms with Crippen LogP contribution in [0.5, 0.6) is 5.75 Å². The minimum Gasteiger partial charge on any atom is -0.492 e. The lowest BCUT2D eigenvalue weighted by Crippen LogP contribution is -2.31. The van der Waals surface area contributed by atoms with E-state index in [1.165, 1.54) is 10.9 Å². The van der Waals surface area contributed by atoms with Gasteiger partial charge >= 0.3 is 0 Å². The maximum absolute atomic E-state index is 11.5. The minimum absolute atomic E-state index is 0.137. The summed E-state index contributed by atoms with van der Waals surface area (Å²) in [5.74, 6) is 0.548. The SMILES string of the molecule is Nc1cccc(OCCNC(=O)Cn2ccnn2)c1. The normalized spacial score (nSPS) is 10.1. The van der Waals surface area contributed by atoms with Crippen molar-refractivity contribution < 1.29 is 9.53 Å². The van der Waals surface area contributed by atoms with E-state index >= 15 is 0 Å². The van der Waals surface area contributed by atoms with Crippen LogP contribution in [0.25, 0.3) is 0 Å². The lowest BCUT2D eigenvalue weighted by molar-refractivity contribution is -0.121. The lowest BCUT2D eigenvalue weighted by atomic mass is 10.3. The van der Waals surface area contributed by atoms with E-state index < -0.39 is 0 Å². The fraction of sp³-hybridized carbons (Fsp3) is 0.250. The van der Waals surface area contributed by atoms with E-state index in [1.807, 2.05) is 12.1 Å². The third-order valence-corrected chi connectivity index (χ3v) is 2.33. The number of nitrogen functional groups attached to an aromatic ring is 1. The second-order valence-electron chi connectivity index (χ2n) is 3.87. The Hall–Kier alpha value is -2.57. The van der Waals surface area contributed by atoms with Gasteiger partial charge in [0.1, 0.15) is 18.9 Å². The molecule has 0 saturated carbocycles. The molecule has 100 valence electrons. The summed E-state index contributed by atoms with van der Waals surface area (Å²) >= 11 is 0. The molecule has 19 heavy (non-hydrogen) atoms. The Bertz CT molecular complexity index is 527. The monoisotopic (exact) mass is 261 g/mol. The lowest BCUT2D eigenvalue weighted by Gasteiger charge is -2.08. The maximum atomic E-state index is 11.5. The maximum Gasteiger partial charge on any atom is 0.241 e. The molecule has 1 amide bonds. The molecule has 0 fully saturated rings. The van der Waals surface area contributed by atoms with Gasteiger partial charge in [0.25, 0.3) is 0 Å². The summed E-state index contributed by atoms with van der Waals surface area (Å²) < 4.78 is 6.90. The van der Waals surface area contributed by atoms with Crippen LogP contribution in [0, 0.1) is 0 Å². The Morgan fingerprint density at radius 3 is 3.11 bits per heavy atom. The number of ether oxygens (including phenoxy) is 1. The minimum atomic E-state index is -0.137. The molecular formula is C12H15N5O2. The van der Waals surface area contributed by atoms with Gasteiger partial charge < -0.3 is 15.8 Å². The van der Waals surface area contributed by atoms with Crippen LogP contribution in [0.4, 0.5) is 5.69 Å². The van der Waals surface area contributed by atoms with Crippen LogP contribution in [0.15, 0.2) is 36.7 Å².